The van der Waals surface area contributed by atoms with E-state index in [4.69, 9.17) is 0 Å². The van der Waals surface area contributed by atoms with Crippen molar-refractivity contribution in [2.75, 3.05) is 26.2 Å². The molecule has 8 nitrogen and oxygen atoms in total. The zero-order valence-corrected chi connectivity index (χ0v) is 18.3. The van der Waals surface area contributed by atoms with E-state index in [-0.39, 0.29) is 29.3 Å². The number of carbonyl (C=O) groups excluding carboxylic acids is 2. The van der Waals surface area contributed by atoms with Crippen molar-refractivity contribution in [2.24, 2.45) is 5.92 Å². The van der Waals surface area contributed by atoms with Gasteiger partial charge in [-0.15, -0.1) is 0 Å². The van der Waals surface area contributed by atoms with Crippen molar-refractivity contribution >= 4 is 22.0 Å². The summed E-state index contributed by atoms with van der Waals surface area (Å²) in [6, 6.07) is 6.50. The number of nitrogens with zero attached hydrogens (tertiary/aromatic N) is 1. The number of hydrogen-bond donors (Lipinski definition) is 3. The molecular weight excluding hydrogens is 404 g/mol. The fourth-order valence-corrected chi connectivity index (χ4v) is 5.27. The third-order valence-corrected chi connectivity index (χ3v) is 7.25. The molecule has 9 heteroatoms. The van der Waals surface area contributed by atoms with Crippen molar-refractivity contribution in [3.05, 3.63) is 29.8 Å². The Hall–Kier alpha value is -1.97. The van der Waals surface area contributed by atoms with E-state index in [0.717, 1.165) is 50.6 Å². The molecule has 2 fully saturated rings. The summed E-state index contributed by atoms with van der Waals surface area (Å²) in [4.78, 5) is 26.4. The molecule has 3 rings (SSSR count). The minimum atomic E-state index is -3.55. The van der Waals surface area contributed by atoms with Gasteiger partial charge in [0.25, 0.3) is 0 Å². The predicted octanol–water partition coefficient (Wildman–Crippen LogP) is 1.75. The van der Waals surface area contributed by atoms with Crippen LogP contribution in [0.4, 0.5) is 4.79 Å². The lowest BCUT2D eigenvalue weighted by Crippen LogP contribution is -2.49. The number of likely N-dealkylation sites (tertiary alicyclic amines) is 1. The molecule has 0 radical (unpaired) electrons. The van der Waals surface area contributed by atoms with Crippen LogP contribution in [-0.4, -0.2) is 57.5 Å². The second-order valence-corrected chi connectivity index (χ2v) is 10.2. The quantitative estimate of drug-likeness (QED) is 0.604. The molecule has 3 N–H and O–H groups in total. The van der Waals surface area contributed by atoms with Crippen LogP contribution < -0.4 is 15.4 Å². The summed E-state index contributed by atoms with van der Waals surface area (Å²) >= 11 is 0. The summed E-state index contributed by atoms with van der Waals surface area (Å²) in [6.07, 6.45) is 5.94. The van der Waals surface area contributed by atoms with Gasteiger partial charge >= 0.3 is 6.03 Å². The Balaban J connectivity index is 1.42. The lowest BCUT2D eigenvalue weighted by molar-refractivity contribution is -0.121. The highest BCUT2D eigenvalue weighted by molar-refractivity contribution is 7.89. The standard InChI is InChI=1S/C21H32N4O4S/c1-16-8-10-19(11-9-16)30(28,29)22-13-17-5-4-12-25(14-17)15-20(26)24-21(27)23-18-6-2-3-7-18/h8-11,17-18,22H,2-7,12-15H2,1H3,(H2,23,24,26,27). The van der Waals surface area contributed by atoms with Gasteiger partial charge in [-0.2, -0.15) is 0 Å². The minimum Gasteiger partial charge on any atom is -0.335 e. The number of amides is 3. The van der Waals surface area contributed by atoms with E-state index in [1.165, 1.54) is 0 Å². The SMILES string of the molecule is Cc1ccc(S(=O)(=O)NCC2CCCN(CC(=O)NC(=O)NC3CCCC3)C2)cc1. The zero-order valence-electron chi connectivity index (χ0n) is 17.5. The molecule has 2 aliphatic rings. The van der Waals surface area contributed by atoms with Crippen molar-refractivity contribution in [1.82, 2.24) is 20.3 Å². The van der Waals surface area contributed by atoms with E-state index in [9.17, 15) is 18.0 Å². The number of hydrogen-bond acceptors (Lipinski definition) is 5. The molecule has 3 amide bonds. The zero-order chi connectivity index (χ0) is 21.6. The van der Waals surface area contributed by atoms with Crippen LogP contribution in [-0.2, 0) is 14.8 Å². The Labute approximate surface area is 178 Å². The van der Waals surface area contributed by atoms with Gasteiger partial charge in [-0.25, -0.2) is 17.9 Å². The maximum Gasteiger partial charge on any atom is 0.321 e. The van der Waals surface area contributed by atoms with Gasteiger partial charge in [-0.05, 0) is 57.2 Å². The maximum atomic E-state index is 12.5. The van der Waals surface area contributed by atoms with E-state index < -0.39 is 16.1 Å². The van der Waals surface area contributed by atoms with Gasteiger partial charge in [0, 0.05) is 19.1 Å². The lowest BCUT2D eigenvalue weighted by atomic mass is 9.98. The topological polar surface area (TPSA) is 108 Å². The number of sulfonamides is 1. The highest BCUT2D eigenvalue weighted by Gasteiger charge is 2.25. The lowest BCUT2D eigenvalue weighted by Gasteiger charge is -2.32. The summed E-state index contributed by atoms with van der Waals surface area (Å²) in [5.74, 6) is -0.203. The average molecular weight is 437 g/mol. The van der Waals surface area contributed by atoms with E-state index in [1.54, 1.807) is 24.3 Å². The number of piperidine rings is 1. The van der Waals surface area contributed by atoms with Crippen LogP contribution in [0.3, 0.4) is 0 Å². The Morgan fingerprint density at radius 1 is 1.07 bits per heavy atom. The third kappa shape index (κ3) is 6.78. The van der Waals surface area contributed by atoms with Gasteiger partial charge < -0.3 is 5.32 Å². The fourth-order valence-electron chi connectivity index (χ4n) is 4.15. The van der Waals surface area contributed by atoms with Gasteiger partial charge in [0.05, 0.1) is 11.4 Å². The molecule has 1 unspecified atom stereocenters. The van der Waals surface area contributed by atoms with Crippen LogP contribution in [0.25, 0.3) is 0 Å². The minimum absolute atomic E-state index is 0.124. The number of nitrogens with one attached hydrogen (secondary N) is 3. The van der Waals surface area contributed by atoms with Crippen LogP contribution >= 0.6 is 0 Å². The highest BCUT2D eigenvalue weighted by Crippen LogP contribution is 2.18. The van der Waals surface area contributed by atoms with E-state index >= 15 is 0 Å². The first-order valence-electron chi connectivity index (χ1n) is 10.7. The molecular formula is C21H32N4O4S. The molecule has 30 heavy (non-hydrogen) atoms. The molecule has 0 aromatic heterocycles. The summed E-state index contributed by atoms with van der Waals surface area (Å²) in [7, 11) is -3.55. The molecule has 1 atom stereocenters. The normalized spacial score (nSPS) is 20.8. The third-order valence-electron chi connectivity index (χ3n) is 5.81. The summed E-state index contributed by atoms with van der Waals surface area (Å²) < 4.78 is 27.6. The summed E-state index contributed by atoms with van der Waals surface area (Å²) in [5.41, 5.74) is 1.01. The molecule has 1 aliphatic carbocycles. The second-order valence-electron chi connectivity index (χ2n) is 8.41. The molecule has 0 spiro atoms. The van der Waals surface area contributed by atoms with Gasteiger partial charge in [-0.1, -0.05) is 30.5 Å². The number of urea groups is 1. The van der Waals surface area contributed by atoms with Crippen molar-refractivity contribution in [3.8, 4) is 0 Å². The van der Waals surface area contributed by atoms with E-state index in [2.05, 4.69) is 15.4 Å². The first-order valence-corrected chi connectivity index (χ1v) is 12.2. The predicted molar refractivity (Wildman–Crippen MR) is 114 cm³/mol. The Morgan fingerprint density at radius 2 is 1.77 bits per heavy atom. The number of aryl methyl sites for hydroxylation is 1. The number of benzene rings is 1. The van der Waals surface area contributed by atoms with Crippen LogP contribution in [0.5, 0.6) is 0 Å². The number of carbonyl (C=O) groups is 2. The van der Waals surface area contributed by atoms with Crippen molar-refractivity contribution in [3.63, 3.8) is 0 Å². The van der Waals surface area contributed by atoms with Gasteiger partial charge in [0.2, 0.25) is 15.9 Å². The highest BCUT2D eigenvalue weighted by atomic mass is 32.2. The molecule has 166 valence electrons. The number of imide groups is 1. The largest absolute Gasteiger partial charge is 0.335 e. The molecule has 1 saturated carbocycles. The van der Waals surface area contributed by atoms with Crippen LogP contribution in [0.2, 0.25) is 0 Å². The fraction of sp³-hybridized carbons (Fsp3) is 0.619. The maximum absolute atomic E-state index is 12.5. The van der Waals surface area contributed by atoms with Crippen LogP contribution in [0.15, 0.2) is 29.2 Å². The smallest absolute Gasteiger partial charge is 0.321 e. The first-order chi connectivity index (χ1) is 14.3. The molecule has 1 heterocycles. The Bertz CT molecular complexity index is 835. The van der Waals surface area contributed by atoms with Crippen molar-refractivity contribution in [1.29, 1.82) is 0 Å². The number of rotatable bonds is 7. The Morgan fingerprint density at radius 3 is 2.47 bits per heavy atom. The van der Waals surface area contributed by atoms with Gasteiger partial charge in [-0.3, -0.25) is 15.0 Å². The average Bonchev–Trinajstić information content (AvgIpc) is 3.20. The summed E-state index contributed by atoms with van der Waals surface area (Å²) in [5, 5.41) is 5.25. The van der Waals surface area contributed by atoms with Gasteiger partial charge in [0.1, 0.15) is 0 Å². The first kappa shape index (κ1) is 22.7. The van der Waals surface area contributed by atoms with Crippen LogP contribution in [0, 0.1) is 12.8 Å². The van der Waals surface area contributed by atoms with E-state index in [1.807, 2.05) is 11.8 Å². The molecule has 1 saturated heterocycles. The Kier molecular flexibility index (Phi) is 7.85. The molecule has 1 aromatic carbocycles. The second kappa shape index (κ2) is 10.4. The van der Waals surface area contributed by atoms with Crippen molar-refractivity contribution < 1.29 is 18.0 Å². The van der Waals surface area contributed by atoms with Crippen LogP contribution in [0.1, 0.15) is 44.1 Å². The molecule has 1 aromatic rings. The molecule has 0 bridgehead atoms. The summed E-state index contributed by atoms with van der Waals surface area (Å²) in [6.45, 7) is 3.76. The van der Waals surface area contributed by atoms with E-state index in [0.29, 0.717) is 13.1 Å². The molecule has 1 aliphatic heterocycles. The van der Waals surface area contributed by atoms with Gasteiger partial charge in [0.15, 0.2) is 0 Å². The van der Waals surface area contributed by atoms with Crippen molar-refractivity contribution in [2.45, 2.75) is 56.4 Å². The monoisotopic (exact) mass is 436 g/mol.